The van der Waals surface area contributed by atoms with E-state index in [9.17, 15) is 0 Å². The van der Waals surface area contributed by atoms with Crippen molar-refractivity contribution in [3.63, 3.8) is 0 Å². The Kier molecular flexibility index (Phi) is 1.92. The molecule has 4 nitrogen and oxygen atoms in total. The summed E-state index contributed by atoms with van der Waals surface area (Å²) in [5, 5.41) is 0. The van der Waals surface area contributed by atoms with Crippen LogP contribution in [-0.4, -0.2) is 60.7 Å². The average molecular weight is 192 g/mol. The average Bonchev–Trinajstić information content (AvgIpc) is 2.29. The first-order valence-corrected chi connectivity index (χ1v) is 5.54. The number of hydrogen-bond donors (Lipinski definition) is 0. The molecule has 0 unspecified atom stereocenters. The molecular weight excluding hydrogens is 176 g/mol. The van der Waals surface area contributed by atoms with Crippen LogP contribution in [0.15, 0.2) is 9.98 Å². The van der Waals surface area contributed by atoms with Gasteiger partial charge in [-0.2, -0.15) is 0 Å². The fraction of sp³-hybridized carbons (Fsp3) is 0.800. The molecule has 3 aliphatic heterocycles. The van der Waals surface area contributed by atoms with Crippen LogP contribution in [0.4, 0.5) is 0 Å². The third-order valence-corrected chi connectivity index (χ3v) is 3.13. The maximum Gasteiger partial charge on any atom is 0.167 e. The zero-order valence-electron chi connectivity index (χ0n) is 8.45. The van der Waals surface area contributed by atoms with Crippen molar-refractivity contribution < 1.29 is 0 Å². The van der Waals surface area contributed by atoms with E-state index in [0.29, 0.717) is 0 Å². The molecule has 0 aliphatic carbocycles. The Morgan fingerprint density at radius 1 is 0.714 bits per heavy atom. The highest BCUT2D eigenvalue weighted by molar-refractivity contribution is 6.40. The quantitative estimate of drug-likeness (QED) is 0.549. The van der Waals surface area contributed by atoms with Gasteiger partial charge in [0.25, 0.3) is 0 Å². The van der Waals surface area contributed by atoms with E-state index in [1.807, 2.05) is 0 Å². The van der Waals surface area contributed by atoms with E-state index in [2.05, 4.69) is 19.8 Å². The molecule has 3 rings (SSSR count). The maximum absolute atomic E-state index is 4.61. The van der Waals surface area contributed by atoms with Crippen LogP contribution < -0.4 is 0 Å². The first-order valence-electron chi connectivity index (χ1n) is 5.54. The number of nitrogens with zero attached hydrogens (tertiary/aromatic N) is 4. The highest BCUT2D eigenvalue weighted by Gasteiger charge is 2.30. The van der Waals surface area contributed by atoms with Gasteiger partial charge in [-0.05, 0) is 12.8 Å². The summed E-state index contributed by atoms with van der Waals surface area (Å²) in [6.45, 7) is 6.59. The Labute approximate surface area is 84.3 Å². The topological polar surface area (TPSA) is 31.2 Å². The lowest BCUT2D eigenvalue weighted by Gasteiger charge is -2.42. The second kappa shape index (κ2) is 3.26. The smallest absolute Gasteiger partial charge is 0.167 e. The van der Waals surface area contributed by atoms with Crippen molar-refractivity contribution in [3.05, 3.63) is 0 Å². The summed E-state index contributed by atoms with van der Waals surface area (Å²) in [5.41, 5.74) is 0. The molecule has 0 aromatic rings. The summed E-state index contributed by atoms with van der Waals surface area (Å²) in [4.78, 5) is 14.0. The maximum atomic E-state index is 4.61. The van der Waals surface area contributed by atoms with E-state index in [4.69, 9.17) is 0 Å². The minimum absolute atomic E-state index is 0.985. The Bertz CT molecular complexity index is 264. The molecule has 76 valence electrons. The Balaban J connectivity index is 1.94. The standard InChI is InChI=1S/C10H16N4/c1-3-11-9-10-12-4-2-6-14(10)8-7-13(9)5-1/h1-8H2. The van der Waals surface area contributed by atoms with E-state index in [-0.39, 0.29) is 0 Å². The Morgan fingerprint density at radius 3 is 1.71 bits per heavy atom. The normalized spacial score (nSPS) is 26.3. The van der Waals surface area contributed by atoms with Crippen LogP contribution in [0.25, 0.3) is 0 Å². The molecule has 0 N–H and O–H groups in total. The number of amidine groups is 2. The SMILES string of the molecule is C1CN=C2C3=NCCCN3CCN2C1. The van der Waals surface area contributed by atoms with Gasteiger partial charge in [-0.15, -0.1) is 0 Å². The number of aliphatic imine (C=N–C) groups is 2. The van der Waals surface area contributed by atoms with Crippen LogP contribution >= 0.6 is 0 Å². The Hall–Kier alpha value is -1.06. The van der Waals surface area contributed by atoms with Crippen molar-refractivity contribution in [2.24, 2.45) is 9.98 Å². The summed E-state index contributed by atoms with van der Waals surface area (Å²) in [7, 11) is 0. The molecule has 0 radical (unpaired) electrons. The fourth-order valence-electron chi connectivity index (χ4n) is 2.41. The molecule has 0 aromatic heterocycles. The molecule has 3 heterocycles. The van der Waals surface area contributed by atoms with E-state index in [1.54, 1.807) is 0 Å². The predicted octanol–water partition coefficient (Wildman–Crippen LogP) is 0.208. The molecule has 0 saturated carbocycles. The first-order chi connectivity index (χ1) is 6.95. The molecule has 14 heavy (non-hydrogen) atoms. The third-order valence-electron chi connectivity index (χ3n) is 3.13. The fourth-order valence-corrected chi connectivity index (χ4v) is 2.41. The zero-order chi connectivity index (χ0) is 9.38. The van der Waals surface area contributed by atoms with E-state index < -0.39 is 0 Å². The van der Waals surface area contributed by atoms with E-state index >= 15 is 0 Å². The van der Waals surface area contributed by atoms with Gasteiger partial charge >= 0.3 is 0 Å². The molecule has 1 saturated heterocycles. The second-order valence-corrected chi connectivity index (χ2v) is 4.09. The third kappa shape index (κ3) is 1.21. The molecule has 0 atom stereocenters. The molecule has 0 amide bonds. The van der Waals surface area contributed by atoms with E-state index in [0.717, 1.165) is 26.2 Å². The van der Waals surface area contributed by atoms with Crippen molar-refractivity contribution in [2.45, 2.75) is 12.8 Å². The monoisotopic (exact) mass is 192 g/mol. The highest BCUT2D eigenvalue weighted by Crippen LogP contribution is 2.15. The molecule has 0 spiro atoms. The van der Waals surface area contributed by atoms with Crippen molar-refractivity contribution in [1.82, 2.24) is 9.80 Å². The van der Waals surface area contributed by atoms with Gasteiger partial charge < -0.3 is 9.80 Å². The lowest BCUT2D eigenvalue weighted by molar-refractivity contribution is 0.295. The van der Waals surface area contributed by atoms with Gasteiger partial charge in [0.1, 0.15) is 0 Å². The van der Waals surface area contributed by atoms with Gasteiger partial charge in [-0.3, -0.25) is 9.98 Å². The molecule has 0 bridgehead atoms. The van der Waals surface area contributed by atoms with Gasteiger partial charge in [0.15, 0.2) is 11.7 Å². The molecule has 3 aliphatic rings. The predicted molar refractivity (Wildman–Crippen MR) is 57.0 cm³/mol. The van der Waals surface area contributed by atoms with E-state index in [1.165, 1.54) is 37.6 Å². The van der Waals surface area contributed by atoms with Gasteiger partial charge in [0, 0.05) is 39.3 Å². The van der Waals surface area contributed by atoms with Crippen molar-refractivity contribution >= 4 is 11.7 Å². The van der Waals surface area contributed by atoms with Crippen LogP contribution in [0.5, 0.6) is 0 Å². The van der Waals surface area contributed by atoms with Crippen LogP contribution in [0.1, 0.15) is 12.8 Å². The summed E-state index contributed by atoms with van der Waals surface area (Å²) >= 11 is 0. The van der Waals surface area contributed by atoms with Gasteiger partial charge in [0.2, 0.25) is 0 Å². The summed E-state index contributed by atoms with van der Waals surface area (Å²) < 4.78 is 0. The molecule has 0 aromatic carbocycles. The number of rotatable bonds is 0. The summed E-state index contributed by atoms with van der Waals surface area (Å²) in [5.74, 6) is 2.34. The van der Waals surface area contributed by atoms with Crippen LogP contribution in [0.3, 0.4) is 0 Å². The van der Waals surface area contributed by atoms with Gasteiger partial charge in [0.05, 0.1) is 0 Å². The number of piperazine rings is 1. The first kappa shape index (κ1) is 8.26. The van der Waals surface area contributed by atoms with Crippen LogP contribution in [0, 0.1) is 0 Å². The van der Waals surface area contributed by atoms with Crippen LogP contribution in [0.2, 0.25) is 0 Å². The lowest BCUT2D eigenvalue weighted by atomic mass is 10.2. The zero-order valence-corrected chi connectivity index (χ0v) is 8.45. The summed E-state index contributed by atoms with van der Waals surface area (Å²) in [6.07, 6.45) is 2.41. The second-order valence-electron chi connectivity index (χ2n) is 4.09. The highest BCUT2D eigenvalue weighted by atomic mass is 15.3. The van der Waals surface area contributed by atoms with Gasteiger partial charge in [-0.1, -0.05) is 0 Å². The largest absolute Gasteiger partial charge is 0.352 e. The number of fused-ring (bicyclic) bond motifs is 3. The van der Waals surface area contributed by atoms with Crippen molar-refractivity contribution in [1.29, 1.82) is 0 Å². The van der Waals surface area contributed by atoms with Crippen molar-refractivity contribution in [2.75, 3.05) is 39.3 Å². The van der Waals surface area contributed by atoms with Crippen molar-refractivity contribution in [3.8, 4) is 0 Å². The minimum atomic E-state index is 0.985. The molecular formula is C10H16N4. The minimum Gasteiger partial charge on any atom is -0.352 e. The van der Waals surface area contributed by atoms with Gasteiger partial charge in [-0.25, -0.2) is 0 Å². The number of hydrogen-bond acceptors (Lipinski definition) is 4. The molecule has 4 heteroatoms. The van der Waals surface area contributed by atoms with Crippen LogP contribution in [-0.2, 0) is 0 Å². The summed E-state index contributed by atoms with van der Waals surface area (Å²) in [6, 6.07) is 0. The Morgan fingerprint density at radius 2 is 1.21 bits per heavy atom. The lowest BCUT2D eigenvalue weighted by Crippen LogP contribution is -2.57. The molecule has 1 fully saturated rings.